The molecule has 1 aromatic carbocycles. The van der Waals surface area contributed by atoms with Crippen LogP contribution in [0, 0.1) is 0 Å². The lowest BCUT2D eigenvalue weighted by Gasteiger charge is -2.36. The third kappa shape index (κ3) is 4.53. The molecule has 0 unspecified atom stereocenters. The number of carbonyl (C=O) groups excluding carboxylic acids is 1. The summed E-state index contributed by atoms with van der Waals surface area (Å²) in [5, 5.41) is 0. The Kier molecular flexibility index (Phi) is 5.90. The minimum absolute atomic E-state index is 0.151. The summed E-state index contributed by atoms with van der Waals surface area (Å²) < 4.78 is 37.7. The van der Waals surface area contributed by atoms with E-state index in [1.807, 2.05) is 46.4 Å². The van der Waals surface area contributed by atoms with Crippen LogP contribution in [0.5, 0.6) is 0 Å². The summed E-state index contributed by atoms with van der Waals surface area (Å²) in [5.41, 5.74) is -0.147. The Bertz CT molecular complexity index is 851. The molecule has 9 heteroatoms. The van der Waals surface area contributed by atoms with Gasteiger partial charge in [0.25, 0.3) is 0 Å². The highest BCUT2D eigenvalue weighted by molar-refractivity contribution is 7.91. The summed E-state index contributed by atoms with van der Waals surface area (Å²) in [7, 11) is -4.15. The Morgan fingerprint density at radius 1 is 1.03 bits per heavy atom. The van der Waals surface area contributed by atoms with E-state index in [-0.39, 0.29) is 29.3 Å². The molecule has 0 saturated carbocycles. The first-order chi connectivity index (χ1) is 13.3. The smallest absolute Gasteiger partial charge is 0.399 e. The van der Waals surface area contributed by atoms with E-state index < -0.39 is 28.2 Å². The van der Waals surface area contributed by atoms with E-state index >= 15 is 0 Å². The van der Waals surface area contributed by atoms with Crippen molar-refractivity contribution >= 4 is 28.3 Å². The van der Waals surface area contributed by atoms with Gasteiger partial charge in [0.1, 0.15) is 5.88 Å². The van der Waals surface area contributed by atoms with Gasteiger partial charge < -0.3 is 14.2 Å². The first-order valence-corrected chi connectivity index (χ1v) is 11.7. The Hall–Kier alpha value is -1.42. The van der Waals surface area contributed by atoms with Gasteiger partial charge in [-0.05, 0) is 59.1 Å². The molecule has 2 saturated heterocycles. The van der Waals surface area contributed by atoms with Crippen molar-refractivity contribution in [1.29, 1.82) is 0 Å². The van der Waals surface area contributed by atoms with Crippen molar-refractivity contribution in [2.45, 2.75) is 63.7 Å². The number of hydrogen-bond donors (Lipinski definition) is 0. The molecule has 0 radical (unpaired) electrons. The normalized spacial score (nSPS) is 22.5. The van der Waals surface area contributed by atoms with E-state index in [0.717, 1.165) is 5.46 Å². The van der Waals surface area contributed by atoms with Gasteiger partial charge in [0.15, 0.2) is 9.84 Å². The lowest BCUT2D eigenvalue weighted by atomic mass is 9.79. The quantitative estimate of drug-likeness (QED) is 0.666. The fraction of sp³-hybridized carbons (Fsp3) is 0.650. The van der Waals surface area contributed by atoms with Crippen molar-refractivity contribution in [1.82, 2.24) is 9.80 Å². The third-order valence-electron chi connectivity index (χ3n) is 6.17. The molecule has 7 nitrogen and oxygen atoms in total. The molecule has 0 bridgehead atoms. The standard InChI is InChI=1S/C20H31BN2O5S/c1-15(2)22-11-12-23(18(24)13-22)14-29(25,26)17-9-7-16(8-10-17)21-27-19(3,4)20(5,6)28-21/h7-10,15H,11-14H2,1-6H3. The first-order valence-electron chi connectivity index (χ1n) is 10.0. The largest absolute Gasteiger partial charge is 0.494 e. The highest BCUT2D eigenvalue weighted by Gasteiger charge is 2.51. The fourth-order valence-corrected chi connectivity index (χ4v) is 4.78. The number of benzene rings is 1. The Balaban J connectivity index is 1.69. The zero-order valence-corrected chi connectivity index (χ0v) is 19.0. The van der Waals surface area contributed by atoms with Crippen LogP contribution in [-0.2, 0) is 23.9 Å². The number of piperazine rings is 1. The summed E-state index contributed by atoms with van der Waals surface area (Å²) >= 11 is 0. The molecule has 1 amide bonds. The van der Waals surface area contributed by atoms with Crippen molar-refractivity contribution in [2.75, 3.05) is 25.5 Å². The van der Waals surface area contributed by atoms with Gasteiger partial charge in [-0.1, -0.05) is 12.1 Å². The minimum Gasteiger partial charge on any atom is -0.399 e. The Morgan fingerprint density at radius 2 is 1.59 bits per heavy atom. The van der Waals surface area contributed by atoms with Gasteiger partial charge >= 0.3 is 7.12 Å². The number of hydrogen-bond acceptors (Lipinski definition) is 6. The van der Waals surface area contributed by atoms with E-state index in [9.17, 15) is 13.2 Å². The van der Waals surface area contributed by atoms with Crippen LogP contribution in [0.3, 0.4) is 0 Å². The lowest BCUT2D eigenvalue weighted by Crippen LogP contribution is -2.53. The molecule has 2 heterocycles. The number of sulfone groups is 1. The van der Waals surface area contributed by atoms with Crippen LogP contribution in [0.1, 0.15) is 41.5 Å². The van der Waals surface area contributed by atoms with E-state index in [1.165, 1.54) is 4.90 Å². The van der Waals surface area contributed by atoms with Gasteiger partial charge in [0.05, 0.1) is 22.6 Å². The van der Waals surface area contributed by atoms with Gasteiger partial charge in [-0.2, -0.15) is 0 Å². The van der Waals surface area contributed by atoms with Crippen LogP contribution in [0.15, 0.2) is 29.2 Å². The summed E-state index contributed by atoms with van der Waals surface area (Å²) in [6.45, 7) is 13.3. The SMILES string of the molecule is CC(C)N1CCN(CS(=O)(=O)c2ccc(B3OC(C)(C)C(C)(C)O3)cc2)C(=O)C1. The molecule has 160 valence electrons. The lowest BCUT2D eigenvalue weighted by molar-refractivity contribution is -0.135. The summed E-state index contributed by atoms with van der Waals surface area (Å²) in [4.78, 5) is 16.0. The highest BCUT2D eigenvalue weighted by Crippen LogP contribution is 2.36. The second kappa shape index (κ2) is 7.69. The average molecular weight is 422 g/mol. The molecule has 0 N–H and O–H groups in total. The molecule has 0 spiro atoms. The maximum Gasteiger partial charge on any atom is 0.494 e. The molecule has 2 fully saturated rings. The second-order valence-electron chi connectivity index (χ2n) is 9.12. The minimum atomic E-state index is -3.61. The van der Waals surface area contributed by atoms with Crippen LogP contribution >= 0.6 is 0 Å². The third-order valence-corrected chi connectivity index (χ3v) is 7.81. The van der Waals surface area contributed by atoms with E-state index in [1.54, 1.807) is 24.3 Å². The van der Waals surface area contributed by atoms with Crippen molar-refractivity contribution in [2.24, 2.45) is 0 Å². The molecule has 3 rings (SSSR count). The molecule has 0 aliphatic carbocycles. The van der Waals surface area contributed by atoms with Gasteiger partial charge in [-0.25, -0.2) is 8.42 Å². The monoisotopic (exact) mass is 422 g/mol. The Morgan fingerprint density at radius 3 is 2.07 bits per heavy atom. The van der Waals surface area contributed by atoms with Crippen molar-refractivity contribution in [3.63, 3.8) is 0 Å². The van der Waals surface area contributed by atoms with E-state index in [0.29, 0.717) is 13.1 Å². The molecular weight excluding hydrogens is 391 g/mol. The molecule has 2 aliphatic heterocycles. The van der Waals surface area contributed by atoms with Crippen LogP contribution in [0.25, 0.3) is 0 Å². The molecule has 0 atom stereocenters. The van der Waals surface area contributed by atoms with Gasteiger partial charge in [-0.15, -0.1) is 0 Å². The number of rotatable bonds is 5. The van der Waals surface area contributed by atoms with Gasteiger partial charge in [-0.3, -0.25) is 9.69 Å². The van der Waals surface area contributed by atoms with Crippen LogP contribution < -0.4 is 5.46 Å². The highest BCUT2D eigenvalue weighted by atomic mass is 32.2. The summed E-state index contributed by atoms with van der Waals surface area (Å²) in [5.74, 6) is -0.449. The van der Waals surface area contributed by atoms with Crippen LogP contribution in [0.4, 0.5) is 0 Å². The second-order valence-corrected chi connectivity index (χ2v) is 11.1. The van der Waals surface area contributed by atoms with Crippen molar-refractivity contribution in [3.05, 3.63) is 24.3 Å². The topological polar surface area (TPSA) is 76.2 Å². The van der Waals surface area contributed by atoms with E-state index in [4.69, 9.17) is 9.31 Å². The number of amides is 1. The van der Waals surface area contributed by atoms with Crippen molar-refractivity contribution in [3.8, 4) is 0 Å². The number of nitrogens with zero attached hydrogens (tertiary/aromatic N) is 2. The predicted molar refractivity (Wildman–Crippen MR) is 113 cm³/mol. The first kappa shape index (κ1) is 22.3. The van der Waals surface area contributed by atoms with Crippen molar-refractivity contribution < 1.29 is 22.5 Å². The summed E-state index contributed by atoms with van der Waals surface area (Å²) in [6, 6.07) is 6.82. The Labute approximate surface area is 174 Å². The maximum absolute atomic E-state index is 12.8. The van der Waals surface area contributed by atoms with E-state index in [2.05, 4.69) is 0 Å². The fourth-order valence-electron chi connectivity index (χ4n) is 3.40. The summed E-state index contributed by atoms with van der Waals surface area (Å²) in [6.07, 6.45) is 0. The van der Waals surface area contributed by atoms with Gasteiger partial charge in [0.2, 0.25) is 5.91 Å². The van der Waals surface area contributed by atoms with Crippen LogP contribution in [0.2, 0.25) is 0 Å². The maximum atomic E-state index is 12.8. The number of carbonyl (C=O) groups is 1. The zero-order chi connectivity index (χ0) is 21.6. The van der Waals surface area contributed by atoms with Gasteiger partial charge in [0, 0.05) is 19.1 Å². The molecule has 1 aromatic rings. The predicted octanol–water partition coefficient (Wildman–Crippen LogP) is 1.27. The zero-order valence-electron chi connectivity index (χ0n) is 18.1. The molecular formula is C20H31BN2O5S. The van der Waals surface area contributed by atoms with Crippen LogP contribution in [-0.4, -0.2) is 74.0 Å². The molecule has 0 aromatic heterocycles. The molecule has 29 heavy (non-hydrogen) atoms. The molecule has 2 aliphatic rings. The average Bonchev–Trinajstić information content (AvgIpc) is 2.84.